The molecule has 0 aliphatic carbocycles. The Kier molecular flexibility index (Phi) is 4.17. The zero-order chi connectivity index (χ0) is 11.3. The Morgan fingerprint density at radius 2 is 2.07 bits per heavy atom. The highest BCUT2D eigenvalue weighted by atomic mass is 32.2. The summed E-state index contributed by atoms with van der Waals surface area (Å²) in [6.45, 7) is 0. The number of rotatable bonds is 4. The fourth-order valence-corrected chi connectivity index (χ4v) is 1.80. The number of primary amides is 1. The maximum Gasteiger partial charge on any atom is 0.338 e. The Labute approximate surface area is 91.8 Å². The Balaban J connectivity index is 2.86. The number of carbonyl (C=O) groups is 2. The second kappa shape index (κ2) is 5.41. The van der Waals surface area contributed by atoms with Crippen molar-refractivity contribution in [3.63, 3.8) is 0 Å². The lowest BCUT2D eigenvalue weighted by atomic mass is 10.2. The Bertz CT molecular complexity index is 379. The number of hydrogen-bond acceptors (Lipinski definition) is 4. The standard InChI is InChI=1S/C10H11NO3S/c1-14-10(13)7-4-2-3-5-8(7)15-6-9(11)12/h2-5H,6H2,1H3,(H2,11,12). The summed E-state index contributed by atoms with van der Waals surface area (Å²) in [6.07, 6.45) is 0. The van der Waals surface area contributed by atoms with Crippen molar-refractivity contribution in [2.24, 2.45) is 5.73 Å². The fraction of sp³-hybridized carbons (Fsp3) is 0.200. The first-order chi connectivity index (χ1) is 7.15. The number of ether oxygens (including phenoxy) is 1. The van der Waals surface area contributed by atoms with Crippen LogP contribution in [0.15, 0.2) is 29.2 Å². The molecule has 0 spiro atoms. The number of hydrogen-bond donors (Lipinski definition) is 1. The molecule has 1 aromatic rings. The summed E-state index contributed by atoms with van der Waals surface area (Å²) in [5.41, 5.74) is 5.47. The molecular weight excluding hydrogens is 214 g/mol. The predicted octanol–water partition coefficient (Wildman–Crippen LogP) is 1.05. The molecule has 0 radical (unpaired) electrons. The predicted molar refractivity (Wildman–Crippen MR) is 57.7 cm³/mol. The zero-order valence-corrected chi connectivity index (χ0v) is 9.04. The lowest BCUT2D eigenvalue weighted by molar-refractivity contribution is -0.115. The van der Waals surface area contributed by atoms with Gasteiger partial charge in [0, 0.05) is 4.90 Å². The lowest BCUT2D eigenvalue weighted by Crippen LogP contribution is -2.13. The minimum absolute atomic E-state index is 0.147. The minimum Gasteiger partial charge on any atom is -0.465 e. The van der Waals surface area contributed by atoms with Crippen LogP contribution in [0, 0.1) is 0 Å². The van der Waals surface area contributed by atoms with Crippen LogP contribution in [0.1, 0.15) is 10.4 Å². The van der Waals surface area contributed by atoms with Gasteiger partial charge in [0.15, 0.2) is 0 Å². The Morgan fingerprint density at radius 3 is 2.67 bits per heavy atom. The molecule has 0 aromatic heterocycles. The van der Waals surface area contributed by atoms with Crippen LogP contribution in [-0.4, -0.2) is 24.7 Å². The normalized spacial score (nSPS) is 9.67. The smallest absolute Gasteiger partial charge is 0.338 e. The summed E-state index contributed by atoms with van der Waals surface area (Å²) in [6, 6.07) is 6.92. The number of esters is 1. The van der Waals surface area contributed by atoms with Gasteiger partial charge in [-0.05, 0) is 12.1 Å². The van der Waals surface area contributed by atoms with E-state index >= 15 is 0 Å². The first-order valence-corrected chi connectivity index (χ1v) is 5.22. The molecule has 1 amide bonds. The molecule has 1 rings (SSSR count). The van der Waals surface area contributed by atoms with Crippen molar-refractivity contribution in [1.82, 2.24) is 0 Å². The van der Waals surface area contributed by atoms with Crippen LogP contribution in [0.4, 0.5) is 0 Å². The van der Waals surface area contributed by atoms with Gasteiger partial charge in [-0.25, -0.2) is 4.79 Å². The summed E-state index contributed by atoms with van der Waals surface area (Å²) in [5.74, 6) is -0.684. The van der Waals surface area contributed by atoms with Crippen LogP contribution in [0.25, 0.3) is 0 Å². The number of methoxy groups -OCH3 is 1. The third kappa shape index (κ3) is 3.28. The highest BCUT2D eigenvalue weighted by Gasteiger charge is 2.11. The van der Waals surface area contributed by atoms with Gasteiger partial charge in [0.05, 0.1) is 18.4 Å². The maximum atomic E-state index is 11.3. The molecule has 0 aliphatic rings. The molecular formula is C10H11NO3S. The number of amides is 1. The van der Waals surface area contributed by atoms with Crippen LogP contribution >= 0.6 is 11.8 Å². The van der Waals surface area contributed by atoms with Gasteiger partial charge in [0.2, 0.25) is 5.91 Å². The maximum absolute atomic E-state index is 11.3. The monoisotopic (exact) mass is 225 g/mol. The topological polar surface area (TPSA) is 69.4 Å². The van der Waals surface area contributed by atoms with Gasteiger partial charge < -0.3 is 10.5 Å². The van der Waals surface area contributed by atoms with E-state index in [0.717, 1.165) is 0 Å². The number of benzene rings is 1. The highest BCUT2D eigenvalue weighted by molar-refractivity contribution is 8.00. The van der Waals surface area contributed by atoms with Crippen LogP contribution in [0.3, 0.4) is 0 Å². The van der Waals surface area contributed by atoms with Gasteiger partial charge in [0.1, 0.15) is 0 Å². The van der Waals surface area contributed by atoms with Gasteiger partial charge >= 0.3 is 5.97 Å². The zero-order valence-electron chi connectivity index (χ0n) is 8.23. The SMILES string of the molecule is COC(=O)c1ccccc1SCC(N)=O. The number of carbonyl (C=O) groups excluding carboxylic acids is 2. The Morgan fingerprint density at radius 1 is 1.40 bits per heavy atom. The van der Waals surface area contributed by atoms with Gasteiger partial charge in [-0.3, -0.25) is 4.79 Å². The van der Waals surface area contributed by atoms with E-state index in [1.54, 1.807) is 24.3 Å². The molecule has 0 saturated carbocycles. The largest absolute Gasteiger partial charge is 0.465 e. The van der Waals surface area contributed by atoms with Crippen molar-refractivity contribution in [3.05, 3.63) is 29.8 Å². The van der Waals surface area contributed by atoms with Crippen LogP contribution in [0.5, 0.6) is 0 Å². The van der Waals surface area contributed by atoms with Crippen LogP contribution in [-0.2, 0) is 9.53 Å². The van der Waals surface area contributed by atoms with E-state index in [1.807, 2.05) is 0 Å². The van der Waals surface area contributed by atoms with Crippen LogP contribution in [0.2, 0.25) is 0 Å². The summed E-state index contributed by atoms with van der Waals surface area (Å²) in [5, 5.41) is 0. The molecule has 0 bridgehead atoms. The van der Waals surface area contributed by atoms with E-state index in [9.17, 15) is 9.59 Å². The van der Waals surface area contributed by atoms with Crippen molar-refractivity contribution in [1.29, 1.82) is 0 Å². The minimum atomic E-state index is -0.417. The first-order valence-electron chi connectivity index (χ1n) is 4.23. The van der Waals surface area contributed by atoms with Crippen molar-refractivity contribution in [3.8, 4) is 0 Å². The van der Waals surface area contributed by atoms with Crippen molar-refractivity contribution in [2.75, 3.05) is 12.9 Å². The molecule has 5 heteroatoms. The molecule has 80 valence electrons. The molecule has 0 heterocycles. The highest BCUT2D eigenvalue weighted by Crippen LogP contribution is 2.22. The third-order valence-corrected chi connectivity index (χ3v) is 2.76. The quantitative estimate of drug-likeness (QED) is 0.614. The average Bonchev–Trinajstić information content (AvgIpc) is 2.25. The average molecular weight is 225 g/mol. The van der Waals surface area contributed by atoms with E-state index in [0.29, 0.717) is 10.5 Å². The summed E-state index contributed by atoms with van der Waals surface area (Å²) in [7, 11) is 1.32. The summed E-state index contributed by atoms with van der Waals surface area (Å²) < 4.78 is 4.62. The summed E-state index contributed by atoms with van der Waals surface area (Å²) >= 11 is 1.22. The van der Waals surface area contributed by atoms with Crippen LogP contribution < -0.4 is 5.73 Å². The molecule has 0 saturated heterocycles. The van der Waals surface area contributed by atoms with Crippen molar-refractivity contribution < 1.29 is 14.3 Å². The fourth-order valence-electron chi connectivity index (χ4n) is 1.02. The molecule has 0 atom stereocenters. The Hall–Kier alpha value is -1.49. The van der Waals surface area contributed by atoms with Crippen molar-refractivity contribution >= 4 is 23.6 Å². The molecule has 0 aliphatic heterocycles. The number of nitrogens with two attached hydrogens (primary N) is 1. The molecule has 1 aromatic carbocycles. The first kappa shape index (κ1) is 11.6. The lowest BCUT2D eigenvalue weighted by Gasteiger charge is -2.05. The van der Waals surface area contributed by atoms with E-state index in [2.05, 4.69) is 4.74 Å². The third-order valence-electron chi connectivity index (χ3n) is 1.66. The van der Waals surface area contributed by atoms with Crippen molar-refractivity contribution in [2.45, 2.75) is 4.90 Å². The molecule has 0 fully saturated rings. The molecule has 15 heavy (non-hydrogen) atoms. The van der Waals surface area contributed by atoms with Gasteiger partial charge in [-0.2, -0.15) is 0 Å². The second-order valence-corrected chi connectivity index (χ2v) is 3.76. The van der Waals surface area contributed by atoms with Gasteiger partial charge in [-0.15, -0.1) is 11.8 Å². The number of thioether (sulfide) groups is 1. The van der Waals surface area contributed by atoms with Gasteiger partial charge in [0.25, 0.3) is 0 Å². The molecule has 4 nitrogen and oxygen atoms in total. The second-order valence-electron chi connectivity index (χ2n) is 2.74. The van der Waals surface area contributed by atoms with E-state index < -0.39 is 11.9 Å². The van der Waals surface area contributed by atoms with E-state index in [1.165, 1.54) is 18.9 Å². The van der Waals surface area contributed by atoms with Gasteiger partial charge in [-0.1, -0.05) is 12.1 Å². The van der Waals surface area contributed by atoms with E-state index in [-0.39, 0.29) is 5.75 Å². The van der Waals surface area contributed by atoms with E-state index in [4.69, 9.17) is 5.73 Å². The molecule has 0 unspecified atom stereocenters. The molecule has 2 N–H and O–H groups in total. The summed E-state index contributed by atoms with van der Waals surface area (Å²) in [4.78, 5) is 22.6.